The van der Waals surface area contributed by atoms with Gasteiger partial charge in [0.05, 0.1) is 6.42 Å². The Bertz CT molecular complexity index is 893. The average molecular weight is 423 g/mol. The molecule has 7 heteroatoms. The number of carbonyl (C=O) groups is 2. The van der Waals surface area contributed by atoms with Crippen LogP contribution in [0.25, 0.3) is 0 Å². The van der Waals surface area contributed by atoms with Crippen LogP contribution >= 0.6 is 23.2 Å². The van der Waals surface area contributed by atoms with Gasteiger partial charge in [0.25, 0.3) is 0 Å². The summed E-state index contributed by atoms with van der Waals surface area (Å²) in [6.45, 7) is 5.71. The van der Waals surface area contributed by atoms with Crippen molar-refractivity contribution in [3.05, 3.63) is 63.6 Å². The fraction of sp³-hybridized carbons (Fsp3) is 0.333. The molecule has 1 heterocycles. The van der Waals surface area contributed by atoms with Crippen molar-refractivity contribution in [1.29, 1.82) is 0 Å². The number of carbonyl (C=O) groups excluding carboxylic acids is 1. The number of nitrogens with one attached hydrogen (secondary N) is 1. The van der Waals surface area contributed by atoms with Gasteiger partial charge >= 0.3 is 5.97 Å². The molecular weight excluding hydrogens is 399 g/mol. The number of nitrogens with two attached hydrogens (primary N) is 1. The molecule has 5 nitrogen and oxygen atoms in total. The molecule has 1 aliphatic heterocycles. The van der Waals surface area contributed by atoms with E-state index in [9.17, 15) is 9.59 Å². The van der Waals surface area contributed by atoms with Crippen LogP contribution in [-0.2, 0) is 21.5 Å². The molecule has 0 aliphatic carbocycles. The van der Waals surface area contributed by atoms with Gasteiger partial charge in [-0.15, -0.1) is 0 Å². The third-order valence-electron chi connectivity index (χ3n) is 4.17. The van der Waals surface area contributed by atoms with Gasteiger partial charge in [-0.25, -0.2) is 0 Å². The van der Waals surface area contributed by atoms with Gasteiger partial charge in [-0.05, 0) is 35.2 Å². The van der Waals surface area contributed by atoms with E-state index < -0.39 is 11.5 Å². The molecule has 0 aromatic heterocycles. The Labute approximate surface area is 174 Å². The van der Waals surface area contributed by atoms with Crippen molar-refractivity contribution in [1.82, 2.24) is 0 Å². The Morgan fingerprint density at radius 1 is 1.14 bits per heavy atom. The van der Waals surface area contributed by atoms with Gasteiger partial charge in [0.15, 0.2) is 0 Å². The van der Waals surface area contributed by atoms with Crippen LogP contribution < -0.4 is 11.1 Å². The predicted molar refractivity (Wildman–Crippen MR) is 113 cm³/mol. The summed E-state index contributed by atoms with van der Waals surface area (Å²) in [7, 11) is 0. The standard InChI is InChI=1S/C15H12Cl2N2O.C6H12O2/c16-10-3-1-2-9(6-10)8-15(18)12-5-4-11(17)7-13(12)19-14(15)20;1-6(2,3)4-5(7)8/h1-7H,8,18H2,(H,19,20);4H2,1-3H3,(H,7,8). The number of amides is 1. The van der Waals surface area contributed by atoms with Gasteiger partial charge in [0.1, 0.15) is 5.54 Å². The molecule has 0 fully saturated rings. The number of hydrogen-bond donors (Lipinski definition) is 3. The molecule has 28 heavy (non-hydrogen) atoms. The molecule has 1 aliphatic rings. The fourth-order valence-electron chi connectivity index (χ4n) is 2.96. The van der Waals surface area contributed by atoms with Crippen LogP contribution in [0, 0.1) is 5.41 Å². The highest BCUT2D eigenvalue weighted by Crippen LogP contribution is 2.38. The van der Waals surface area contributed by atoms with Crippen LogP contribution in [0.4, 0.5) is 5.69 Å². The number of aliphatic carboxylic acids is 1. The summed E-state index contributed by atoms with van der Waals surface area (Å²) in [5.41, 5.74) is 7.52. The van der Waals surface area contributed by atoms with E-state index >= 15 is 0 Å². The molecule has 0 radical (unpaired) electrons. The SMILES string of the molecule is CC(C)(C)CC(=O)O.NC1(Cc2cccc(Cl)c2)C(=O)Nc2cc(Cl)ccc21. The smallest absolute Gasteiger partial charge is 0.303 e. The van der Waals surface area contributed by atoms with E-state index in [1.807, 2.05) is 39.0 Å². The minimum atomic E-state index is -1.09. The summed E-state index contributed by atoms with van der Waals surface area (Å²) in [6.07, 6.45) is 0.626. The minimum Gasteiger partial charge on any atom is -0.481 e. The number of carboxylic acid groups (broad SMARTS) is 1. The number of anilines is 1. The number of rotatable bonds is 3. The molecule has 0 bridgehead atoms. The Hall–Kier alpha value is -2.08. The first-order valence-electron chi connectivity index (χ1n) is 8.77. The average Bonchev–Trinajstić information content (AvgIpc) is 2.75. The number of carboxylic acids is 1. The molecule has 1 amide bonds. The summed E-state index contributed by atoms with van der Waals surface area (Å²) in [4.78, 5) is 22.3. The molecular formula is C21H24Cl2N2O3. The van der Waals surface area contributed by atoms with Crippen LogP contribution in [0.15, 0.2) is 42.5 Å². The highest BCUT2D eigenvalue weighted by molar-refractivity contribution is 6.31. The first-order valence-corrected chi connectivity index (χ1v) is 9.53. The maximum absolute atomic E-state index is 12.2. The van der Waals surface area contributed by atoms with E-state index in [2.05, 4.69) is 5.32 Å². The first-order chi connectivity index (χ1) is 12.9. The van der Waals surface area contributed by atoms with Crippen LogP contribution in [0.5, 0.6) is 0 Å². The fourth-order valence-corrected chi connectivity index (χ4v) is 3.35. The Balaban J connectivity index is 0.000000300. The molecule has 3 rings (SSSR count). The van der Waals surface area contributed by atoms with E-state index in [4.69, 9.17) is 34.0 Å². The second-order valence-electron chi connectivity index (χ2n) is 8.05. The summed E-state index contributed by atoms with van der Waals surface area (Å²) >= 11 is 11.9. The van der Waals surface area contributed by atoms with Crippen molar-refractivity contribution in [3.63, 3.8) is 0 Å². The van der Waals surface area contributed by atoms with Crippen molar-refractivity contribution in [2.45, 2.75) is 39.2 Å². The van der Waals surface area contributed by atoms with E-state index in [1.54, 1.807) is 24.3 Å². The van der Waals surface area contributed by atoms with Crippen LogP contribution in [0.2, 0.25) is 10.0 Å². The lowest BCUT2D eigenvalue weighted by Gasteiger charge is -2.22. The number of hydrogen-bond acceptors (Lipinski definition) is 3. The summed E-state index contributed by atoms with van der Waals surface area (Å²) in [5.74, 6) is -0.952. The predicted octanol–water partition coefficient (Wildman–Crippen LogP) is 4.85. The van der Waals surface area contributed by atoms with Gasteiger partial charge < -0.3 is 16.2 Å². The van der Waals surface area contributed by atoms with Gasteiger partial charge in [0, 0.05) is 27.7 Å². The van der Waals surface area contributed by atoms with Crippen LogP contribution in [-0.4, -0.2) is 17.0 Å². The van der Waals surface area contributed by atoms with Crippen molar-refractivity contribution < 1.29 is 14.7 Å². The van der Waals surface area contributed by atoms with E-state index in [0.29, 0.717) is 22.2 Å². The summed E-state index contributed by atoms with van der Waals surface area (Å²) in [5, 5.41) is 12.2. The molecule has 0 spiro atoms. The second-order valence-corrected chi connectivity index (χ2v) is 8.93. The largest absolute Gasteiger partial charge is 0.481 e. The molecule has 1 atom stereocenters. The monoisotopic (exact) mass is 422 g/mol. The molecule has 150 valence electrons. The van der Waals surface area contributed by atoms with Crippen molar-refractivity contribution in [3.8, 4) is 0 Å². The zero-order chi connectivity index (χ0) is 21.1. The number of fused-ring (bicyclic) bond motifs is 1. The van der Waals surface area contributed by atoms with Crippen molar-refractivity contribution in [2.24, 2.45) is 11.1 Å². The number of benzene rings is 2. The van der Waals surface area contributed by atoms with Gasteiger partial charge in [0.2, 0.25) is 5.91 Å². The third kappa shape index (κ3) is 5.71. The molecule has 4 N–H and O–H groups in total. The second kappa shape index (κ2) is 8.52. The van der Waals surface area contributed by atoms with E-state index in [0.717, 1.165) is 11.1 Å². The Kier molecular flexibility index (Phi) is 6.75. The number of halogens is 2. The first kappa shape index (κ1) is 22.2. The molecule has 2 aromatic carbocycles. The lowest BCUT2D eigenvalue weighted by atomic mass is 9.86. The topological polar surface area (TPSA) is 92.4 Å². The Morgan fingerprint density at radius 2 is 1.79 bits per heavy atom. The zero-order valence-corrected chi connectivity index (χ0v) is 17.6. The molecule has 1 unspecified atom stereocenters. The summed E-state index contributed by atoms with van der Waals surface area (Å²) in [6, 6.07) is 12.6. The molecule has 0 saturated carbocycles. The molecule has 2 aromatic rings. The van der Waals surface area contributed by atoms with Crippen LogP contribution in [0.1, 0.15) is 38.3 Å². The Morgan fingerprint density at radius 3 is 2.32 bits per heavy atom. The van der Waals surface area contributed by atoms with Crippen LogP contribution in [0.3, 0.4) is 0 Å². The lowest BCUT2D eigenvalue weighted by molar-refractivity contribution is -0.139. The van der Waals surface area contributed by atoms with Gasteiger partial charge in [-0.2, -0.15) is 0 Å². The quantitative estimate of drug-likeness (QED) is 0.658. The maximum atomic E-state index is 12.2. The normalized spacial score (nSPS) is 18.0. The highest BCUT2D eigenvalue weighted by Gasteiger charge is 2.43. The third-order valence-corrected chi connectivity index (χ3v) is 4.64. The van der Waals surface area contributed by atoms with Crippen molar-refractivity contribution >= 4 is 40.8 Å². The lowest BCUT2D eigenvalue weighted by Crippen LogP contribution is -2.45. The highest BCUT2D eigenvalue weighted by atomic mass is 35.5. The van der Waals surface area contributed by atoms with E-state index in [-0.39, 0.29) is 17.7 Å². The van der Waals surface area contributed by atoms with Crippen molar-refractivity contribution in [2.75, 3.05) is 5.32 Å². The molecule has 0 saturated heterocycles. The van der Waals surface area contributed by atoms with E-state index in [1.165, 1.54) is 0 Å². The maximum Gasteiger partial charge on any atom is 0.303 e. The zero-order valence-electron chi connectivity index (χ0n) is 16.1. The van der Waals surface area contributed by atoms with Gasteiger partial charge in [-0.3, -0.25) is 9.59 Å². The van der Waals surface area contributed by atoms with Gasteiger partial charge in [-0.1, -0.05) is 62.2 Å². The summed E-state index contributed by atoms with van der Waals surface area (Å²) < 4.78 is 0. The minimum absolute atomic E-state index is 0.0775.